The number of aromatic nitrogens is 4. The van der Waals surface area contributed by atoms with Crippen LogP contribution >= 0.6 is 0 Å². The Bertz CT molecular complexity index is 2290. The van der Waals surface area contributed by atoms with Gasteiger partial charge in [0.1, 0.15) is 11.6 Å². The zero-order chi connectivity index (χ0) is 39.0. The van der Waals surface area contributed by atoms with Gasteiger partial charge in [0.15, 0.2) is 0 Å². The predicted octanol–water partition coefficient (Wildman–Crippen LogP) is 9.23. The molecule has 6 rings (SSSR count). The average molecular weight is 739 g/mol. The number of nitrogens with zero attached hydrogens (tertiary/aromatic N) is 5. The second kappa shape index (κ2) is 17.6. The molecule has 0 aliphatic carbocycles. The van der Waals surface area contributed by atoms with Crippen molar-refractivity contribution < 1.29 is 13.2 Å². The molecule has 0 spiro atoms. The molecular formula is C43H49F3N6O2. The molecule has 6 aromatic rings. The van der Waals surface area contributed by atoms with Gasteiger partial charge in [-0.15, -0.1) is 0 Å². The molecule has 0 aliphatic heterocycles. The van der Waals surface area contributed by atoms with Crippen molar-refractivity contribution in [1.82, 2.24) is 19.1 Å². The average Bonchev–Trinajstić information content (AvgIpc) is 3.16. The molecule has 0 aliphatic rings. The molecule has 8 nitrogen and oxygen atoms in total. The van der Waals surface area contributed by atoms with Crippen molar-refractivity contribution in [2.24, 2.45) is 0 Å². The highest BCUT2D eigenvalue weighted by Crippen LogP contribution is 2.25. The maximum atomic E-state index is 13.4. The summed E-state index contributed by atoms with van der Waals surface area (Å²) in [7, 11) is 3.45. The number of anilines is 2. The Kier molecular flexibility index (Phi) is 12.9. The van der Waals surface area contributed by atoms with Gasteiger partial charge >= 0.3 is 6.18 Å². The van der Waals surface area contributed by atoms with E-state index in [-0.39, 0.29) is 29.7 Å². The molecule has 4 aromatic carbocycles. The number of alkyl halides is 3. The minimum Gasteiger partial charge on any atom is -0.388 e. The predicted molar refractivity (Wildman–Crippen MR) is 214 cm³/mol. The van der Waals surface area contributed by atoms with E-state index in [9.17, 15) is 22.8 Å². The normalized spacial score (nSPS) is 12.6. The lowest BCUT2D eigenvalue weighted by atomic mass is 10.0. The van der Waals surface area contributed by atoms with Gasteiger partial charge in [0.05, 0.1) is 28.2 Å². The molecule has 0 saturated heterocycles. The summed E-state index contributed by atoms with van der Waals surface area (Å²) in [6.07, 6.45) is -1.95. The first kappa shape index (κ1) is 39.8. The van der Waals surface area contributed by atoms with Crippen molar-refractivity contribution in [2.75, 3.05) is 30.9 Å². The Balaban J connectivity index is 0.000000213. The van der Waals surface area contributed by atoms with Gasteiger partial charge in [0, 0.05) is 44.1 Å². The van der Waals surface area contributed by atoms with Gasteiger partial charge in [-0.05, 0) is 87.1 Å². The molecular weight excluding hydrogens is 690 g/mol. The number of hydrogen-bond acceptors (Lipinski definition) is 6. The molecule has 11 heteroatoms. The number of benzene rings is 4. The summed E-state index contributed by atoms with van der Waals surface area (Å²) in [5.41, 5.74) is 5.04. The number of hydrogen-bond donors (Lipinski definition) is 1. The van der Waals surface area contributed by atoms with Crippen LogP contribution < -0.4 is 21.3 Å². The first-order valence-corrected chi connectivity index (χ1v) is 18.4. The largest absolute Gasteiger partial charge is 0.390 e. The first-order valence-electron chi connectivity index (χ1n) is 18.4. The Morgan fingerprint density at radius 1 is 0.704 bits per heavy atom. The number of halogens is 3. The van der Waals surface area contributed by atoms with Gasteiger partial charge in [0.25, 0.3) is 11.1 Å². The Labute approximate surface area is 314 Å². The van der Waals surface area contributed by atoms with Gasteiger partial charge in [-0.25, -0.2) is 9.97 Å². The summed E-state index contributed by atoms with van der Waals surface area (Å²) in [5, 5.41) is 4.17. The van der Waals surface area contributed by atoms with Crippen molar-refractivity contribution in [3.05, 3.63) is 141 Å². The number of fused-ring (bicyclic) bond motifs is 2. The van der Waals surface area contributed by atoms with Crippen molar-refractivity contribution in [2.45, 2.75) is 78.1 Å². The van der Waals surface area contributed by atoms with Gasteiger partial charge in [-0.1, -0.05) is 74.5 Å². The molecule has 2 aromatic heterocycles. The van der Waals surface area contributed by atoms with E-state index in [0.29, 0.717) is 34.2 Å². The van der Waals surface area contributed by atoms with E-state index in [4.69, 9.17) is 0 Å². The molecule has 54 heavy (non-hydrogen) atoms. The van der Waals surface area contributed by atoms with Crippen molar-refractivity contribution in [1.29, 1.82) is 0 Å². The summed E-state index contributed by atoms with van der Waals surface area (Å²) in [4.78, 5) is 37.2. The van der Waals surface area contributed by atoms with Gasteiger partial charge < -0.3 is 10.2 Å². The van der Waals surface area contributed by atoms with Crippen LogP contribution in [0.2, 0.25) is 0 Å². The molecule has 0 fully saturated rings. The van der Waals surface area contributed by atoms with Crippen molar-refractivity contribution in [3.8, 4) is 0 Å². The molecule has 2 atom stereocenters. The van der Waals surface area contributed by atoms with Gasteiger partial charge in [-0.3, -0.25) is 18.7 Å². The van der Waals surface area contributed by atoms with Crippen molar-refractivity contribution >= 4 is 33.2 Å². The summed E-state index contributed by atoms with van der Waals surface area (Å²) in [6, 6.07) is 31.1. The fourth-order valence-electron chi connectivity index (χ4n) is 6.89. The second-order valence-corrected chi connectivity index (χ2v) is 13.6. The Morgan fingerprint density at radius 2 is 1.17 bits per heavy atom. The van der Waals surface area contributed by atoms with E-state index in [1.807, 2.05) is 99.1 Å². The molecule has 1 N–H and O–H groups in total. The van der Waals surface area contributed by atoms with Crippen LogP contribution in [-0.2, 0) is 12.8 Å². The maximum absolute atomic E-state index is 13.4. The highest BCUT2D eigenvalue weighted by atomic mass is 19.4. The van der Waals surface area contributed by atoms with Crippen LogP contribution in [0.4, 0.5) is 24.5 Å². The van der Waals surface area contributed by atoms with E-state index in [0.717, 1.165) is 41.9 Å². The number of nitrogens with one attached hydrogen (secondary N) is 1. The lowest BCUT2D eigenvalue weighted by Gasteiger charge is -2.23. The highest BCUT2D eigenvalue weighted by Gasteiger charge is 2.27. The van der Waals surface area contributed by atoms with Crippen LogP contribution in [0, 0.1) is 13.8 Å². The lowest BCUT2D eigenvalue weighted by Crippen LogP contribution is -2.29. The van der Waals surface area contributed by atoms with E-state index >= 15 is 0 Å². The van der Waals surface area contributed by atoms with Crippen LogP contribution in [0.3, 0.4) is 0 Å². The van der Waals surface area contributed by atoms with Crippen LogP contribution in [-0.4, -0.2) is 45.9 Å². The molecule has 0 saturated carbocycles. The van der Waals surface area contributed by atoms with Gasteiger partial charge in [-0.2, -0.15) is 13.2 Å². The third kappa shape index (κ3) is 9.55. The van der Waals surface area contributed by atoms with Crippen LogP contribution in [0.15, 0.2) is 107 Å². The molecule has 0 amide bonds. The minimum atomic E-state index is -4.22. The zero-order valence-corrected chi connectivity index (χ0v) is 31.8. The fourth-order valence-corrected chi connectivity index (χ4v) is 6.89. The number of rotatable bonds is 12. The Hall–Kier alpha value is -5.45. The van der Waals surface area contributed by atoms with E-state index in [1.54, 1.807) is 29.8 Å². The molecule has 0 bridgehead atoms. The van der Waals surface area contributed by atoms with Crippen LogP contribution in [0.25, 0.3) is 21.8 Å². The van der Waals surface area contributed by atoms with E-state index < -0.39 is 12.6 Å². The third-order valence-electron chi connectivity index (χ3n) is 9.90. The third-order valence-corrected chi connectivity index (χ3v) is 9.90. The SMILES string of the molecule is CC[C@H](Cc1ccccc1)n1c(C)nc2ccc(N(C)CCC(F)(F)F)cc2c1=O.CC[C@H](Cc1ccccc1)n1c(C)nc2ccc(NC)cc2c1=O. The minimum absolute atomic E-state index is 0.0392. The Morgan fingerprint density at radius 3 is 1.61 bits per heavy atom. The van der Waals surface area contributed by atoms with E-state index in [2.05, 4.69) is 34.3 Å². The molecule has 284 valence electrons. The zero-order valence-electron chi connectivity index (χ0n) is 31.8. The fraction of sp³-hybridized carbons (Fsp3) is 0.349. The summed E-state index contributed by atoms with van der Waals surface area (Å²) in [6.45, 7) is 7.71. The standard InChI is InChI=1S/C23H26F3N3O.C20H23N3O/c1-4-18(14-17-8-6-5-7-9-17)29-16(2)27-21-11-10-19(15-20(21)22(29)30)28(3)13-12-23(24,25)26;1-4-17(12-15-8-6-5-7-9-15)23-14(2)22-19-11-10-16(21-3)13-18(19)20(23)24/h5-11,15,18H,4,12-14H2,1-3H3;5-11,13,17,21H,4,12H2,1-3H3/t18-;17-/m11/s1. The quantitative estimate of drug-likeness (QED) is 0.135. The summed E-state index contributed by atoms with van der Waals surface area (Å²) >= 11 is 0. The topological polar surface area (TPSA) is 85.1 Å². The summed E-state index contributed by atoms with van der Waals surface area (Å²) in [5.74, 6) is 1.40. The second-order valence-electron chi connectivity index (χ2n) is 13.6. The highest BCUT2D eigenvalue weighted by molar-refractivity contribution is 5.82. The molecule has 0 unspecified atom stereocenters. The molecule has 2 heterocycles. The van der Waals surface area contributed by atoms with Crippen molar-refractivity contribution in [3.63, 3.8) is 0 Å². The summed E-state index contributed by atoms with van der Waals surface area (Å²) < 4.78 is 41.3. The lowest BCUT2D eigenvalue weighted by molar-refractivity contribution is -0.132. The number of aryl methyl sites for hydroxylation is 2. The molecule has 0 radical (unpaired) electrons. The van der Waals surface area contributed by atoms with Gasteiger partial charge in [0.2, 0.25) is 0 Å². The van der Waals surface area contributed by atoms with E-state index in [1.165, 1.54) is 10.5 Å². The smallest absolute Gasteiger partial charge is 0.388 e. The monoisotopic (exact) mass is 738 g/mol. The van der Waals surface area contributed by atoms with Crippen LogP contribution in [0.5, 0.6) is 0 Å². The first-order chi connectivity index (χ1) is 25.8. The van der Waals surface area contributed by atoms with Crippen LogP contribution in [0.1, 0.15) is 68.0 Å². The maximum Gasteiger partial charge on any atom is 0.390 e.